The summed E-state index contributed by atoms with van der Waals surface area (Å²) in [5.41, 5.74) is 8.55. The molecule has 0 saturated carbocycles. The molecular formula is C18H25ClN4OS. The number of thiazole rings is 1. The highest BCUT2D eigenvalue weighted by atomic mass is 35.5. The third-order valence-electron chi connectivity index (χ3n) is 4.06. The first-order valence-electron chi connectivity index (χ1n) is 8.69. The van der Waals surface area contributed by atoms with Gasteiger partial charge < -0.3 is 10.6 Å². The number of amides is 1. The van der Waals surface area contributed by atoms with Crippen molar-refractivity contribution < 1.29 is 4.79 Å². The van der Waals surface area contributed by atoms with E-state index in [1.807, 2.05) is 5.51 Å². The summed E-state index contributed by atoms with van der Waals surface area (Å²) in [5.74, 6) is 0.187. The Hall–Kier alpha value is -1.66. The van der Waals surface area contributed by atoms with Gasteiger partial charge in [-0.25, -0.2) is 9.97 Å². The highest BCUT2D eigenvalue weighted by molar-refractivity contribution is 7.07. The zero-order chi connectivity index (χ0) is 18.1. The summed E-state index contributed by atoms with van der Waals surface area (Å²) in [6, 6.07) is 1.60. The van der Waals surface area contributed by atoms with Crippen LogP contribution in [0.15, 0.2) is 23.2 Å². The molecule has 2 aromatic heterocycles. The summed E-state index contributed by atoms with van der Waals surface area (Å²) in [7, 11) is 0. The van der Waals surface area contributed by atoms with Gasteiger partial charge in [-0.05, 0) is 12.5 Å². The second-order valence-corrected chi connectivity index (χ2v) is 7.15. The first-order valence-corrected chi connectivity index (χ1v) is 10.0. The van der Waals surface area contributed by atoms with Gasteiger partial charge in [0.1, 0.15) is 5.82 Å². The summed E-state index contributed by atoms with van der Waals surface area (Å²) in [6.07, 6.45) is 8.37. The van der Waals surface area contributed by atoms with E-state index in [2.05, 4.69) is 27.2 Å². The van der Waals surface area contributed by atoms with Gasteiger partial charge in [-0.2, -0.15) is 0 Å². The Bertz CT molecular complexity index is 663. The number of primary amides is 1. The minimum Gasteiger partial charge on any atom is -0.366 e. The Labute approximate surface area is 158 Å². The first-order chi connectivity index (χ1) is 12.1. The summed E-state index contributed by atoms with van der Waals surface area (Å²) >= 11 is 7.97. The third-order valence-corrected chi connectivity index (χ3v) is 4.97. The van der Waals surface area contributed by atoms with Crippen molar-refractivity contribution in [3.05, 3.63) is 39.4 Å². The molecule has 0 aliphatic heterocycles. The van der Waals surface area contributed by atoms with Gasteiger partial charge in [0, 0.05) is 31.1 Å². The van der Waals surface area contributed by atoms with Crippen LogP contribution in [0, 0.1) is 0 Å². The van der Waals surface area contributed by atoms with Gasteiger partial charge in [-0.1, -0.05) is 44.2 Å². The molecule has 0 radical (unpaired) electrons. The van der Waals surface area contributed by atoms with E-state index in [4.69, 9.17) is 17.3 Å². The molecule has 0 spiro atoms. The molecule has 0 saturated heterocycles. The summed E-state index contributed by atoms with van der Waals surface area (Å²) in [4.78, 5) is 22.2. The highest BCUT2D eigenvalue weighted by Crippen LogP contribution is 2.25. The first kappa shape index (κ1) is 19.7. The van der Waals surface area contributed by atoms with Crippen molar-refractivity contribution in [3.8, 4) is 0 Å². The van der Waals surface area contributed by atoms with Gasteiger partial charge in [-0.15, -0.1) is 11.3 Å². The van der Waals surface area contributed by atoms with E-state index >= 15 is 0 Å². The van der Waals surface area contributed by atoms with Crippen molar-refractivity contribution in [1.29, 1.82) is 0 Å². The van der Waals surface area contributed by atoms with Crippen LogP contribution in [-0.4, -0.2) is 29.0 Å². The molecule has 2 N–H and O–H groups in total. The molecular weight excluding hydrogens is 356 g/mol. The van der Waals surface area contributed by atoms with Crippen LogP contribution < -0.4 is 10.6 Å². The van der Waals surface area contributed by atoms with E-state index < -0.39 is 5.91 Å². The molecule has 2 aromatic rings. The molecule has 0 aromatic carbocycles. The molecule has 1 amide bonds. The van der Waals surface area contributed by atoms with Crippen molar-refractivity contribution in [1.82, 2.24) is 9.97 Å². The van der Waals surface area contributed by atoms with Gasteiger partial charge in [0.05, 0.1) is 21.8 Å². The Morgan fingerprint density at radius 1 is 1.24 bits per heavy atom. The summed E-state index contributed by atoms with van der Waals surface area (Å²) in [5, 5.41) is 2.52. The average Bonchev–Trinajstić information content (AvgIpc) is 3.11. The second-order valence-electron chi connectivity index (χ2n) is 6.02. The predicted molar refractivity (Wildman–Crippen MR) is 105 cm³/mol. The van der Waals surface area contributed by atoms with E-state index in [9.17, 15) is 4.79 Å². The molecule has 2 rings (SSSR count). The molecule has 0 aliphatic rings. The van der Waals surface area contributed by atoms with Crippen LogP contribution in [0.3, 0.4) is 0 Å². The van der Waals surface area contributed by atoms with Crippen molar-refractivity contribution in [2.24, 2.45) is 5.73 Å². The van der Waals surface area contributed by atoms with Gasteiger partial charge in [0.25, 0.3) is 0 Å². The van der Waals surface area contributed by atoms with Crippen LogP contribution in [0.4, 0.5) is 5.82 Å². The van der Waals surface area contributed by atoms with Gasteiger partial charge in [0.2, 0.25) is 5.91 Å². The third kappa shape index (κ3) is 6.29. The molecule has 0 aliphatic carbocycles. The van der Waals surface area contributed by atoms with E-state index in [-0.39, 0.29) is 0 Å². The fourth-order valence-corrected chi connectivity index (χ4v) is 3.52. The van der Waals surface area contributed by atoms with Gasteiger partial charge in [0.15, 0.2) is 0 Å². The van der Waals surface area contributed by atoms with Crippen molar-refractivity contribution in [2.45, 2.75) is 45.4 Å². The number of halogens is 1. The minimum absolute atomic E-state index is 0.330. The number of pyridine rings is 1. The number of carbonyl (C=O) groups is 1. The number of nitrogens with two attached hydrogens (primary N) is 1. The molecule has 25 heavy (non-hydrogen) atoms. The summed E-state index contributed by atoms with van der Waals surface area (Å²) in [6.45, 7) is 3.89. The molecule has 5 nitrogen and oxygen atoms in total. The maximum Gasteiger partial charge on any atom is 0.250 e. The van der Waals surface area contributed by atoms with E-state index in [1.54, 1.807) is 17.4 Å². The quantitative estimate of drug-likeness (QED) is 0.589. The fourth-order valence-electron chi connectivity index (χ4n) is 2.64. The number of hydrogen-bond donors (Lipinski definition) is 1. The molecule has 0 fully saturated rings. The lowest BCUT2D eigenvalue weighted by Gasteiger charge is -2.24. The summed E-state index contributed by atoms with van der Waals surface area (Å²) < 4.78 is 0. The number of carbonyl (C=O) groups excluding carboxylic acids is 1. The van der Waals surface area contributed by atoms with Gasteiger partial charge >= 0.3 is 0 Å². The number of anilines is 1. The van der Waals surface area contributed by atoms with Crippen LogP contribution in [0.1, 0.15) is 55.1 Å². The number of hydrogen-bond acceptors (Lipinski definition) is 5. The Morgan fingerprint density at radius 3 is 2.68 bits per heavy atom. The largest absolute Gasteiger partial charge is 0.366 e. The zero-order valence-electron chi connectivity index (χ0n) is 14.6. The van der Waals surface area contributed by atoms with Crippen LogP contribution in [0.5, 0.6) is 0 Å². The Morgan fingerprint density at radius 2 is 2.04 bits per heavy atom. The van der Waals surface area contributed by atoms with Gasteiger partial charge in [-0.3, -0.25) is 4.79 Å². The number of rotatable bonds is 11. The second kappa shape index (κ2) is 10.4. The molecule has 136 valence electrons. The average molecular weight is 381 g/mol. The molecule has 0 atom stereocenters. The van der Waals surface area contributed by atoms with Crippen LogP contribution in [-0.2, 0) is 6.42 Å². The Balaban J connectivity index is 2.05. The lowest BCUT2D eigenvalue weighted by atomic mass is 10.1. The van der Waals surface area contributed by atoms with E-state index in [0.29, 0.717) is 16.4 Å². The van der Waals surface area contributed by atoms with E-state index in [0.717, 1.165) is 31.6 Å². The molecule has 7 heteroatoms. The SMILES string of the molecule is CCCCCCCN(CCc1cscn1)c1ncc(C(N)=O)cc1Cl. The monoisotopic (exact) mass is 380 g/mol. The smallest absolute Gasteiger partial charge is 0.250 e. The van der Waals surface area contributed by atoms with Crippen molar-refractivity contribution >= 4 is 34.7 Å². The van der Waals surface area contributed by atoms with Crippen LogP contribution in [0.25, 0.3) is 0 Å². The minimum atomic E-state index is -0.519. The van der Waals surface area contributed by atoms with E-state index in [1.165, 1.54) is 31.9 Å². The molecule has 0 unspecified atom stereocenters. The maximum absolute atomic E-state index is 11.3. The normalized spacial score (nSPS) is 10.8. The number of nitrogens with zero attached hydrogens (tertiary/aromatic N) is 3. The highest BCUT2D eigenvalue weighted by Gasteiger charge is 2.14. The topological polar surface area (TPSA) is 72.1 Å². The standard InChI is InChI=1S/C18H25ClN4OS/c1-2-3-4-5-6-8-23(9-7-15-12-25-13-22-15)18-16(19)10-14(11-21-18)17(20)24/h10-13H,2-9H2,1H3,(H2,20,24). The lowest BCUT2D eigenvalue weighted by molar-refractivity contribution is 0.1000. The lowest BCUT2D eigenvalue weighted by Crippen LogP contribution is -2.28. The Kier molecular flexibility index (Phi) is 8.15. The molecule has 2 heterocycles. The van der Waals surface area contributed by atoms with Crippen molar-refractivity contribution in [2.75, 3.05) is 18.0 Å². The number of unbranched alkanes of at least 4 members (excludes halogenated alkanes) is 4. The fraction of sp³-hybridized carbons (Fsp3) is 0.500. The van der Waals surface area contributed by atoms with Crippen LogP contribution >= 0.6 is 22.9 Å². The van der Waals surface area contributed by atoms with Crippen molar-refractivity contribution in [3.63, 3.8) is 0 Å². The molecule has 0 bridgehead atoms. The zero-order valence-corrected chi connectivity index (χ0v) is 16.2. The predicted octanol–water partition coefficient (Wildman–Crippen LogP) is 4.31. The maximum atomic E-state index is 11.3. The van der Waals surface area contributed by atoms with Crippen LogP contribution in [0.2, 0.25) is 5.02 Å². The number of aromatic nitrogens is 2.